The maximum Gasteiger partial charge on any atom is 0.218 e. The number of aromatic nitrogens is 2. The molecule has 0 unspecified atom stereocenters. The van der Waals surface area contributed by atoms with Crippen LogP contribution in [0.4, 0.5) is 5.82 Å². The molecule has 4 nitrogen and oxygen atoms in total. The van der Waals surface area contributed by atoms with Gasteiger partial charge >= 0.3 is 0 Å². The van der Waals surface area contributed by atoms with Crippen molar-refractivity contribution in [3.05, 3.63) is 12.4 Å². The zero-order valence-corrected chi connectivity index (χ0v) is 12.1. The Hall–Kier alpha value is -1.32. The molecular weight excluding hydrogens is 226 g/mol. The molecule has 100 valence electrons. The Kier molecular flexibility index (Phi) is 2.99. The Morgan fingerprint density at radius 3 is 2.28 bits per heavy atom. The lowest BCUT2D eigenvalue weighted by molar-refractivity contribution is 0.232. The van der Waals surface area contributed by atoms with Crippen LogP contribution in [-0.2, 0) is 0 Å². The van der Waals surface area contributed by atoms with Crippen molar-refractivity contribution in [2.45, 2.75) is 53.7 Å². The zero-order chi connectivity index (χ0) is 13.6. The molecule has 1 aliphatic carbocycles. The summed E-state index contributed by atoms with van der Waals surface area (Å²) in [5, 5.41) is 3.48. The van der Waals surface area contributed by atoms with Crippen molar-refractivity contribution in [1.29, 1.82) is 0 Å². The second kappa shape index (κ2) is 4.11. The van der Waals surface area contributed by atoms with Crippen LogP contribution in [0.5, 0.6) is 5.88 Å². The van der Waals surface area contributed by atoms with Gasteiger partial charge in [-0.05, 0) is 24.7 Å². The molecule has 2 rings (SSSR count). The lowest BCUT2D eigenvalue weighted by Crippen LogP contribution is -2.12. The second-order valence-corrected chi connectivity index (χ2v) is 6.43. The highest BCUT2D eigenvalue weighted by Crippen LogP contribution is 2.63. The highest BCUT2D eigenvalue weighted by Gasteiger charge is 2.65. The molecule has 0 spiro atoms. The molecule has 1 saturated carbocycles. The summed E-state index contributed by atoms with van der Waals surface area (Å²) in [5.74, 6) is 1.46. The van der Waals surface area contributed by atoms with Crippen molar-refractivity contribution in [2.75, 3.05) is 5.32 Å². The third kappa shape index (κ3) is 2.16. The van der Waals surface area contributed by atoms with E-state index in [0.29, 0.717) is 11.9 Å². The van der Waals surface area contributed by atoms with Crippen LogP contribution in [0.2, 0.25) is 0 Å². The van der Waals surface area contributed by atoms with Gasteiger partial charge < -0.3 is 10.1 Å². The van der Waals surface area contributed by atoms with Gasteiger partial charge in [-0.2, -0.15) is 0 Å². The van der Waals surface area contributed by atoms with Crippen molar-refractivity contribution in [2.24, 2.45) is 10.8 Å². The normalized spacial score (nSPS) is 20.8. The monoisotopic (exact) mass is 249 g/mol. The number of nitrogens with zero attached hydrogens (tertiary/aromatic N) is 2. The van der Waals surface area contributed by atoms with E-state index in [2.05, 4.69) is 43.0 Å². The van der Waals surface area contributed by atoms with Gasteiger partial charge in [0.15, 0.2) is 0 Å². The van der Waals surface area contributed by atoms with Crippen LogP contribution in [0, 0.1) is 10.8 Å². The minimum atomic E-state index is 0.126. The Morgan fingerprint density at radius 1 is 1.17 bits per heavy atom. The first-order chi connectivity index (χ1) is 8.25. The SMILES string of the molecule is CC(C)Oc1cc(NC2C(C)(C)C2(C)C)ncn1. The van der Waals surface area contributed by atoms with Crippen molar-refractivity contribution in [1.82, 2.24) is 9.97 Å². The van der Waals surface area contributed by atoms with E-state index in [1.165, 1.54) is 0 Å². The average Bonchev–Trinajstić information content (AvgIpc) is 2.60. The summed E-state index contributed by atoms with van der Waals surface area (Å²) in [4.78, 5) is 8.36. The molecule has 1 N–H and O–H groups in total. The van der Waals surface area contributed by atoms with Crippen LogP contribution < -0.4 is 10.1 Å². The molecule has 0 saturated heterocycles. The fourth-order valence-corrected chi connectivity index (χ4v) is 2.43. The summed E-state index contributed by atoms with van der Waals surface area (Å²) in [5.41, 5.74) is 0.577. The molecule has 0 aliphatic heterocycles. The molecule has 1 aromatic heterocycles. The minimum absolute atomic E-state index is 0.126. The zero-order valence-electron chi connectivity index (χ0n) is 12.1. The molecule has 1 aromatic rings. The van der Waals surface area contributed by atoms with Gasteiger partial charge in [0, 0.05) is 12.1 Å². The van der Waals surface area contributed by atoms with Crippen molar-refractivity contribution >= 4 is 5.82 Å². The van der Waals surface area contributed by atoms with Crippen LogP contribution in [0.15, 0.2) is 12.4 Å². The van der Waals surface area contributed by atoms with E-state index in [9.17, 15) is 0 Å². The van der Waals surface area contributed by atoms with Gasteiger partial charge in [0.25, 0.3) is 0 Å². The second-order valence-electron chi connectivity index (χ2n) is 6.43. The molecule has 4 heteroatoms. The van der Waals surface area contributed by atoms with Crippen molar-refractivity contribution < 1.29 is 4.74 Å². The van der Waals surface area contributed by atoms with Gasteiger partial charge in [0.2, 0.25) is 5.88 Å². The molecule has 0 radical (unpaired) electrons. The van der Waals surface area contributed by atoms with Gasteiger partial charge in [0.05, 0.1) is 6.10 Å². The number of ether oxygens (including phenoxy) is 1. The first-order valence-corrected chi connectivity index (χ1v) is 6.50. The van der Waals surface area contributed by atoms with Crippen LogP contribution in [0.25, 0.3) is 0 Å². The number of rotatable bonds is 4. The number of hydrogen-bond donors (Lipinski definition) is 1. The van der Waals surface area contributed by atoms with E-state index in [0.717, 1.165) is 5.82 Å². The number of anilines is 1. The Labute approximate surface area is 109 Å². The summed E-state index contributed by atoms with van der Waals surface area (Å²) in [7, 11) is 0. The lowest BCUT2D eigenvalue weighted by atomic mass is 10.0. The number of hydrogen-bond acceptors (Lipinski definition) is 4. The quantitative estimate of drug-likeness (QED) is 0.890. The largest absolute Gasteiger partial charge is 0.475 e. The third-order valence-corrected chi connectivity index (χ3v) is 4.31. The van der Waals surface area contributed by atoms with Gasteiger partial charge in [-0.1, -0.05) is 27.7 Å². The molecular formula is C14H23N3O. The average molecular weight is 249 g/mol. The summed E-state index contributed by atoms with van der Waals surface area (Å²) in [6, 6.07) is 2.30. The Bertz CT molecular complexity index is 426. The Morgan fingerprint density at radius 2 is 1.78 bits per heavy atom. The first kappa shape index (κ1) is 13.1. The maximum absolute atomic E-state index is 5.57. The summed E-state index contributed by atoms with van der Waals surface area (Å²) in [6.45, 7) is 13.1. The molecule has 1 heterocycles. The third-order valence-electron chi connectivity index (χ3n) is 4.31. The summed E-state index contributed by atoms with van der Waals surface area (Å²) >= 11 is 0. The highest BCUT2D eigenvalue weighted by molar-refractivity contribution is 5.43. The van der Waals surface area contributed by atoms with Crippen LogP contribution >= 0.6 is 0 Å². The summed E-state index contributed by atoms with van der Waals surface area (Å²) < 4.78 is 5.57. The molecule has 0 atom stereocenters. The molecule has 0 aromatic carbocycles. The van der Waals surface area contributed by atoms with Gasteiger partial charge in [-0.15, -0.1) is 0 Å². The highest BCUT2D eigenvalue weighted by atomic mass is 16.5. The molecule has 18 heavy (non-hydrogen) atoms. The van der Waals surface area contributed by atoms with Gasteiger partial charge in [0.1, 0.15) is 12.1 Å². The standard InChI is InChI=1S/C14H23N3O/c1-9(2)18-11-7-10(15-8-16-11)17-12-13(3,4)14(12,5)6/h7-9,12H,1-6H3,(H,15,16,17). The Balaban J connectivity index is 2.07. The van der Waals surface area contributed by atoms with E-state index in [1.54, 1.807) is 6.33 Å². The fourth-order valence-electron chi connectivity index (χ4n) is 2.43. The van der Waals surface area contributed by atoms with Gasteiger partial charge in [-0.25, -0.2) is 9.97 Å². The predicted octanol–water partition coefficient (Wildman–Crippen LogP) is 3.11. The fraction of sp³-hybridized carbons (Fsp3) is 0.714. The minimum Gasteiger partial charge on any atom is -0.475 e. The molecule has 0 bridgehead atoms. The molecule has 1 fully saturated rings. The van der Waals surface area contributed by atoms with Crippen LogP contribution in [0.1, 0.15) is 41.5 Å². The van der Waals surface area contributed by atoms with Crippen LogP contribution in [-0.4, -0.2) is 22.1 Å². The van der Waals surface area contributed by atoms with Crippen molar-refractivity contribution in [3.63, 3.8) is 0 Å². The van der Waals surface area contributed by atoms with E-state index in [1.807, 2.05) is 19.9 Å². The first-order valence-electron chi connectivity index (χ1n) is 6.50. The predicted molar refractivity (Wildman–Crippen MR) is 72.8 cm³/mol. The topological polar surface area (TPSA) is 47.0 Å². The molecule has 0 amide bonds. The summed E-state index contributed by atoms with van der Waals surface area (Å²) in [6.07, 6.45) is 1.67. The lowest BCUT2D eigenvalue weighted by Gasteiger charge is -2.11. The van der Waals surface area contributed by atoms with E-state index >= 15 is 0 Å². The van der Waals surface area contributed by atoms with E-state index < -0.39 is 0 Å². The molecule has 1 aliphatic rings. The van der Waals surface area contributed by atoms with Crippen molar-refractivity contribution in [3.8, 4) is 5.88 Å². The number of nitrogens with one attached hydrogen (secondary N) is 1. The van der Waals surface area contributed by atoms with Gasteiger partial charge in [-0.3, -0.25) is 0 Å². The maximum atomic E-state index is 5.57. The smallest absolute Gasteiger partial charge is 0.218 e. The van der Waals surface area contributed by atoms with E-state index in [4.69, 9.17) is 4.74 Å². The van der Waals surface area contributed by atoms with E-state index in [-0.39, 0.29) is 16.9 Å². The van der Waals surface area contributed by atoms with Crippen LogP contribution in [0.3, 0.4) is 0 Å².